The van der Waals surface area contributed by atoms with Gasteiger partial charge in [0.25, 0.3) is 5.91 Å². The minimum Gasteiger partial charge on any atom is -0.482 e. The molecule has 0 bridgehead atoms. The molecule has 114 valence electrons. The molecule has 0 saturated heterocycles. The van der Waals surface area contributed by atoms with Crippen molar-refractivity contribution in [1.29, 1.82) is 0 Å². The number of carbonyl (C=O) groups excluding carboxylic acids is 1. The molecule has 0 aliphatic heterocycles. The van der Waals surface area contributed by atoms with E-state index in [0.717, 1.165) is 0 Å². The number of rotatable bonds is 6. The predicted molar refractivity (Wildman–Crippen MR) is 86.3 cm³/mol. The standard InChI is InChI=1S/C15H12Cl2N2O3/c16-11-5-6-14(13(17)9-11)22-10-15(20)19-18-7-1-3-12-4-2-8-21-12/h1-9H,10H2,(H,19,20)/b3-1+,18-7-. The zero-order valence-electron chi connectivity index (χ0n) is 11.3. The molecule has 1 N–H and O–H groups in total. The molecule has 5 nitrogen and oxygen atoms in total. The number of ether oxygens (including phenoxy) is 1. The molecule has 2 rings (SSSR count). The lowest BCUT2D eigenvalue weighted by molar-refractivity contribution is -0.123. The van der Waals surface area contributed by atoms with E-state index in [1.54, 1.807) is 42.7 Å². The van der Waals surface area contributed by atoms with Crippen molar-refractivity contribution < 1.29 is 13.9 Å². The molecule has 0 spiro atoms. The van der Waals surface area contributed by atoms with Gasteiger partial charge in [0.1, 0.15) is 11.5 Å². The van der Waals surface area contributed by atoms with Crippen molar-refractivity contribution in [1.82, 2.24) is 5.43 Å². The molecule has 0 unspecified atom stereocenters. The zero-order chi connectivity index (χ0) is 15.8. The van der Waals surface area contributed by atoms with Crippen LogP contribution in [0.2, 0.25) is 10.0 Å². The molecular formula is C15H12Cl2N2O3. The fourth-order valence-electron chi connectivity index (χ4n) is 1.44. The predicted octanol–water partition coefficient (Wildman–Crippen LogP) is 3.78. The fraction of sp³-hybridized carbons (Fsp3) is 0.0667. The molecule has 0 radical (unpaired) electrons. The average Bonchev–Trinajstić information content (AvgIpc) is 2.99. The van der Waals surface area contributed by atoms with E-state index in [2.05, 4.69) is 10.5 Å². The van der Waals surface area contributed by atoms with E-state index in [0.29, 0.717) is 21.6 Å². The summed E-state index contributed by atoms with van der Waals surface area (Å²) in [5.74, 6) is 0.662. The quantitative estimate of drug-likeness (QED) is 0.643. The first-order valence-electron chi connectivity index (χ1n) is 6.25. The minimum atomic E-state index is -0.409. The van der Waals surface area contributed by atoms with Gasteiger partial charge >= 0.3 is 0 Å². The van der Waals surface area contributed by atoms with Gasteiger partial charge in [0.05, 0.1) is 11.3 Å². The SMILES string of the molecule is O=C(COc1ccc(Cl)cc1Cl)N/N=C\C=C\c1ccco1. The van der Waals surface area contributed by atoms with Gasteiger partial charge in [0.15, 0.2) is 6.61 Å². The molecule has 0 saturated carbocycles. The van der Waals surface area contributed by atoms with Crippen molar-refractivity contribution in [3.8, 4) is 5.75 Å². The van der Waals surface area contributed by atoms with Crippen LogP contribution in [0.4, 0.5) is 0 Å². The topological polar surface area (TPSA) is 63.8 Å². The monoisotopic (exact) mass is 338 g/mol. The Kier molecular flexibility index (Phi) is 6.06. The molecule has 0 atom stereocenters. The summed E-state index contributed by atoms with van der Waals surface area (Å²) in [7, 11) is 0. The Morgan fingerprint density at radius 1 is 1.36 bits per heavy atom. The van der Waals surface area contributed by atoms with E-state index >= 15 is 0 Å². The average molecular weight is 339 g/mol. The van der Waals surface area contributed by atoms with Crippen LogP contribution in [-0.4, -0.2) is 18.7 Å². The van der Waals surface area contributed by atoms with Crippen LogP contribution in [0.1, 0.15) is 5.76 Å². The molecule has 7 heteroatoms. The van der Waals surface area contributed by atoms with Gasteiger partial charge < -0.3 is 9.15 Å². The van der Waals surface area contributed by atoms with Crippen LogP contribution in [0.15, 0.2) is 52.2 Å². The van der Waals surface area contributed by atoms with Crippen molar-refractivity contribution in [2.45, 2.75) is 0 Å². The molecule has 0 fully saturated rings. The number of nitrogens with zero attached hydrogens (tertiary/aromatic N) is 1. The Hall–Kier alpha value is -2.24. The smallest absolute Gasteiger partial charge is 0.277 e. The Bertz CT molecular complexity index is 682. The number of hydrogen-bond acceptors (Lipinski definition) is 4. The lowest BCUT2D eigenvalue weighted by Gasteiger charge is -2.06. The van der Waals surface area contributed by atoms with E-state index in [4.69, 9.17) is 32.4 Å². The van der Waals surface area contributed by atoms with Gasteiger partial charge in [-0.25, -0.2) is 5.43 Å². The number of amides is 1. The second-order valence-corrected chi connectivity index (χ2v) is 4.89. The number of halogens is 2. The van der Waals surface area contributed by atoms with E-state index in [1.807, 2.05) is 0 Å². The van der Waals surface area contributed by atoms with Crippen LogP contribution < -0.4 is 10.2 Å². The number of carbonyl (C=O) groups is 1. The maximum Gasteiger partial charge on any atom is 0.277 e. The van der Waals surface area contributed by atoms with Gasteiger partial charge in [-0.1, -0.05) is 23.2 Å². The first-order valence-corrected chi connectivity index (χ1v) is 7.00. The van der Waals surface area contributed by atoms with Gasteiger partial charge in [-0.05, 0) is 42.5 Å². The number of hydrogen-bond donors (Lipinski definition) is 1. The normalized spacial score (nSPS) is 11.2. The van der Waals surface area contributed by atoms with Gasteiger partial charge in [-0.2, -0.15) is 5.10 Å². The Morgan fingerprint density at radius 3 is 2.95 bits per heavy atom. The highest BCUT2D eigenvalue weighted by atomic mass is 35.5. The van der Waals surface area contributed by atoms with Gasteiger partial charge in [0, 0.05) is 11.2 Å². The summed E-state index contributed by atoms with van der Waals surface area (Å²) in [5, 5.41) is 4.57. The van der Waals surface area contributed by atoms with Gasteiger partial charge in [0.2, 0.25) is 0 Å². The second-order valence-electron chi connectivity index (χ2n) is 4.05. The summed E-state index contributed by atoms with van der Waals surface area (Å²) in [6.45, 7) is -0.208. The largest absolute Gasteiger partial charge is 0.482 e. The molecule has 2 aromatic rings. The summed E-state index contributed by atoms with van der Waals surface area (Å²) < 4.78 is 10.4. The van der Waals surface area contributed by atoms with Crippen molar-refractivity contribution in [2.75, 3.05) is 6.61 Å². The summed E-state index contributed by atoms with van der Waals surface area (Å²) in [6, 6.07) is 8.32. The van der Waals surface area contributed by atoms with Crippen molar-refractivity contribution in [3.63, 3.8) is 0 Å². The second kappa shape index (κ2) is 8.26. The van der Waals surface area contributed by atoms with E-state index < -0.39 is 5.91 Å². The summed E-state index contributed by atoms with van der Waals surface area (Å²) in [4.78, 5) is 11.5. The molecule has 22 heavy (non-hydrogen) atoms. The number of benzene rings is 1. The molecule has 0 aliphatic carbocycles. The van der Waals surface area contributed by atoms with E-state index in [9.17, 15) is 4.79 Å². The summed E-state index contributed by atoms with van der Waals surface area (Å²) >= 11 is 11.7. The number of hydrazone groups is 1. The van der Waals surface area contributed by atoms with Crippen LogP contribution >= 0.6 is 23.2 Å². The lowest BCUT2D eigenvalue weighted by atomic mass is 10.3. The maximum absolute atomic E-state index is 11.5. The van der Waals surface area contributed by atoms with Crippen molar-refractivity contribution in [2.24, 2.45) is 5.10 Å². The molecule has 1 aromatic heterocycles. The van der Waals surface area contributed by atoms with Gasteiger partial charge in [-0.15, -0.1) is 0 Å². The highest BCUT2D eigenvalue weighted by molar-refractivity contribution is 6.35. The maximum atomic E-state index is 11.5. The third-order valence-corrected chi connectivity index (χ3v) is 2.94. The number of nitrogens with one attached hydrogen (secondary N) is 1. The molecule has 1 amide bonds. The first-order chi connectivity index (χ1) is 10.6. The molecule has 1 aromatic carbocycles. The third-order valence-electron chi connectivity index (χ3n) is 2.41. The zero-order valence-corrected chi connectivity index (χ0v) is 12.8. The van der Waals surface area contributed by atoms with Crippen LogP contribution in [-0.2, 0) is 4.79 Å². The van der Waals surface area contributed by atoms with E-state index in [1.165, 1.54) is 12.3 Å². The van der Waals surface area contributed by atoms with Crippen LogP contribution in [0.3, 0.4) is 0 Å². The first kappa shape index (κ1) is 16.1. The van der Waals surface area contributed by atoms with Crippen molar-refractivity contribution in [3.05, 3.63) is 58.5 Å². The van der Waals surface area contributed by atoms with Gasteiger partial charge in [-0.3, -0.25) is 4.79 Å². The highest BCUT2D eigenvalue weighted by Gasteiger charge is 2.05. The Balaban J connectivity index is 1.73. The summed E-state index contributed by atoms with van der Waals surface area (Å²) in [6.07, 6.45) is 6.34. The third kappa shape index (κ3) is 5.27. The van der Waals surface area contributed by atoms with Crippen LogP contribution in [0.25, 0.3) is 6.08 Å². The summed E-state index contributed by atoms with van der Waals surface area (Å²) in [5.41, 5.74) is 2.32. The molecule has 0 aliphatic rings. The van der Waals surface area contributed by atoms with Crippen LogP contribution in [0.5, 0.6) is 5.75 Å². The van der Waals surface area contributed by atoms with Crippen LogP contribution in [0, 0.1) is 0 Å². The molecular weight excluding hydrogens is 327 g/mol. The fourth-order valence-corrected chi connectivity index (χ4v) is 1.91. The number of allylic oxidation sites excluding steroid dienone is 1. The Morgan fingerprint density at radius 2 is 2.23 bits per heavy atom. The number of furan rings is 1. The minimum absolute atomic E-state index is 0.208. The molecule has 1 heterocycles. The van der Waals surface area contributed by atoms with E-state index in [-0.39, 0.29) is 6.61 Å². The highest BCUT2D eigenvalue weighted by Crippen LogP contribution is 2.27. The Labute approximate surface area is 137 Å². The lowest BCUT2D eigenvalue weighted by Crippen LogP contribution is -2.24. The van der Waals surface area contributed by atoms with Crippen molar-refractivity contribution >= 4 is 41.4 Å².